The van der Waals surface area contributed by atoms with Gasteiger partial charge in [-0.25, -0.2) is 9.50 Å². The molecule has 0 saturated heterocycles. The van der Waals surface area contributed by atoms with E-state index in [2.05, 4.69) is 15.1 Å². The first kappa shape index (κ1) is 12.3. The summed E-state index contributed by atoms with van der Waals surface area (Å²) in [7, 11) is 0. The van der Waals surface area contributed by atoms with E-state index in [1.165, 1.54) is 10.1 Å². The third-order valence-corrected chi connectivity index (χ3v) is 2.93. The third kappa shape index (κ3) is 2.35. The first-order chi connectivity index (χ1) is 9.61. The van der Waals surface area contributed by atoms with Gasteiger partial charge in [-0.1, -0.05) is 29.8 Å². The van der Waals surface area contributed by atoms with E-state index < -0.39 is 5.97 Å². The summed E-state index contributed by atoms with van der Waals surface area (Å²) in [4.78, 5) is 18.9. The maximum Gasteiger partial charge on any atom is 0.311 e. The van der Waals surface area contributed by atoms with Gasteiger partial charge in [-0.05, 0) is 12.5 Å². The standard InChI is InChI=1S/C14H12N4O2/c1-9-2-4-10(5-3-9)11-7-15-14-16-12(6-13(19)20)17-18(14)8-11/h2-5,7-8H,6H2,1H3,(H,19,20). The van der Waals surface area contributed by atoms with Crippen LogP contribution in [0.5, 0.6) is 0 Å². The van der Waals surface area contributed by atoms with Crippen molar-refractivity contribution in [3.8, 4) is 11.1 Å². The lowest BCUT2D eigenvalue weighted by atomic mass is 10.1. The number of carbonyl (C=O) groups is 1. The predicted octanol–water partition coefficient (Wildman–Crippen LogP) is 1.73. The van der Waals surface area contributed by atoms with Crippen LogP contribution in [0.15, 0.2) is 36.7 Å². The first-order valence-electron chi connectivity index (χ1n) is 6.12. The zero-order valence-corrected chi connectivity index (χ0v) is 10.8. The fourth-order valence-corrected chi connectivity index (χ4v) is 1.93. The van der Waals surface area contributed by atoms with Crippen molar-refractivity contribution >= 4 is 11.7 Å². The second-order valence-electron chi connectivity index (χ2n) is 4.55. The molecule has 3 aromatic rings. The summed E-state index contributed by atoms with van der Waals surface area (Å²) in [5, 5.41) is 12.9. The van der Waals surface area contributed by atoms with Gasteiger partial charge in [0.2, 0.25) is 0 Å². The molecule has 2 aromatic heterocycles. The zero-order chi connectivity index (χ0) is 14.1. The Kier molecular flexibility index (Phi) is 2.90. The quantitative estimate of drug-likeness (QED) is 0.782. The van der Waals surface area contributed by atoms with Crippen molar-refractivity contribution in [3.05, 3.63) is 48.0 Å². The smallest absolute Gasteiger partial charge is 0.311 e. The number of fused-ring (bicyclic) bond motifs is 1. The number of rotatable bonds is 3. The topological polar surface area (TPSA) is 80.4 Å². The molecular weight excluding hydrogens is 256 g/mol. The number of benzene rings is 1. The SMILES string of the molecule is Cc1ccc(-c2cnc3nc(CC(=O)O)nn3c2)cc1. The molecule has 0 fully saturated rings. The molecule has 0 radical (unpaired) electrons. The molecule has 20 heavy (non-hydrogen) atoms. The molecule has 0 atom stereocenters. The Morgan fingerprint density at radius 1 is 1.25 bits per heavy atom. The highest BCUT2D eigenvalue weighted by molar-refractivity contribution is 5.69. The van der Waals surface area contributed by atoms with Crippen LogP contribution in [-0.4, -0.2) is 30.7 Å². The highest BCUT2D eigenvalue weighted by Gasteiger charge is 2.09. The number of aromatic nitrogens is 4. The summed E-state index contributed by atoms with van der Waals surface area (Å²) < 4.78 is 1.51. The van der Waals surface area contributed by atoms with E-state index in [0.717, 1.165) is 11.1 Å². The van der Waals surface area contributed by atoms with Crippen LogP contribution in [0, 0.1) is 6.92 Å². The van der Waals surface area contributed by atoms with Gasteiger partial charge in [-0.2, -0.15) is 4.98 Å². The van der Waals surface area contributed by atoms with Gasteiger partial charge in [0.1, 0.15) is 6.42 Å². The monoisotopic (exact) mass is 268 g/mol. The van der Waals surface area contributed by atoms with Gasteiger partial charge in [0, 0.05) is 18.0 Å². The summed E-state index contributed by atoms with van der Waals surface area (Å²) in [6, 6.07) is 8.06. The van der Waals surface area contributed by atoms with Gasteiger partial charge in [0.25, 0.3) is 5.78 Å². The molecule has 0 bridgehead atoms. The van der Waals surface area contributed by atoms with Crippen molar-refractivity contribution in [2.75, 3.05) is 0 Å². The molecule has 0 aliphatic rings. The van der Waals surface area contributed by atoms with Crippen LogP contribution in [0.3, 0.4) is 0 Å². The van der Waals surface area contributed by atoms with E-state index in [4.69, 9.17) is 5.11 Å². The maximum absolute atomic E-state index is 10.7. The second-order valence-corrected chi connectivity index (χ2v) is 4.55. The molecule has 6 heteroatoms. The number of hydrogen-bond donors (Lipinski definition) is 1. The van der Waals surface area contributed by atoms with Crippen molar-refractivity contribution in [1.82, 2.24) is 19.6 Å². The molecule has 3 rings (SSSR count). The number of aryl methyl sites for hydroxylation is 1. The number of carboxylic acids is 1. The van der Waals surface area contributed by atoms with Gasteiger partial charge in [-0.15, -0.1) is 5.10 Å². The van der Waals surface area contributed by atoms with Crippen LogP contribution >= 0.6 is 0 Å². The summed E-state index contributed by atoms with van der Waals surface area (Å²) in [6.07, 6.45) is 3.30. The number of aliphatic carboxylic acids is 1. The predicted molar refractivity (Wildman–Crippen MR) is 72.3 cm³/mol. The maximum atomic E-state index is 10.7. The lowest BCUT2D eigenvalue weighted by molar-refractivity contribution is -0.136. The lowest BCUT2D eigenvalue weighted by Crippen LogP contribution is -2.01. The van der Waals surface area contributed by atoms with Gasteiger partial charge < -0.3 is 5.11 Å². The second kappa shape index (κ2) is 4.73. The number of nitrogens with zero attached hydrogens (tertiary/aromatic N) is 4. The Hall–Kier alpha value is -2.76. The molecular formula is C14H12N4O2. The molecule has 0 amide bonds. The fraction of sp³-hybridized carbons (Fsp3) is 0.143. The van der Waals surface area contributed by atoms with Gasteiger partial charge >= 0.3 is 5.97 Å². The van der Waals surface area contributed by atoms with E-state index in [9.17, 15) is 4.79 Å². The van der Waals surface area contributed by atoms with Crippen molar-refractivity contribution in [2.45, 2.75) is 13.3 Å². The van der Waals surface area contributed by atoms with E-state index in [-0.39, 0.29) is 12.2 Å². The minimum atomic E-state index is -0.959. The molecule has 0 unspecified atom stereocenters. The largest absolute Gasteiger partial charge is 0.481 e. The van der Waals surface area contributed by atoms with Crippen LogP contribution in [0.4, 0.5) is 0 Å². The van der Waals surface area contributed by atoms with Crippen molar-refractivity contribution in [3.63, 3.8) is 0 Å². The molecule has 2 heterocycles. The normalized spacial score (nSPS) is 10.8. The van der Waals surface area contributed by atoms with E-state index in [1.54, 1.807) is 12.4 Å². The molecule has 100 valence electrons. The summed E-state index contributed by atoms with van der Waals surface area (Å²) >= 11 is 0. The Balaban J connectivity index is 2.01. The Morgan fingerprint density at radius 2 is 2.00 bits per heavy atom. The summed E-state index contributed by atoms with van der Waals surface area (Å²) in [5.74, 6) is -0.303. The zero-order valence-electron chi connectivity index (χ0n) is 10.8. The minimum absolute atomic E-state index is 0.205. The first-order valence-corrected chi connectivity index (χ1v) is 6.12. The van der Waals surface area contributed by atoms with Crippen LogP contribution in [0.25, 0.3) is 16.9 Å². The fourth-order valence-electron chi connectivity index (χ4n) is 1.93. The molecule has 0 saturated carbocycles. The lowest BCUT2D eigenvalue weighted by Gasteiger charge is -2.01. The van der Waals surface area contributed by atoms with E-state index in [0.29, 0.717) is 5.78 Å². The Labute approximate surface area is 114 Å². The molecule has 0 aliphatic heterocycles. The average molecular weight is 268 g/mol. The van der Waals surface area contributed by atoms with Crippen LogP contribution in [-0.2, 0) is 11.2 Å². The van der Waals surface area contributed by atoms with Crippen LogP contribution in [0.1, 0.15) is 11.4 Å². The van der Waals surface area contributed by atoms with E-state index >= 15 is 0 Å². The van der Waals surface area contributed by atoms with Gasteiger partial charge in [-0.3, -0.25) is 4.79 Å². The van der Waals surface area contributed by atoms with Crippen LogP contribution in [0.2, 0.25) is 0 Å². The Bertz CT molecular complexity index is 777. The third-order valence-electron chi connectivity index (χ3n) is 2.93. The summed E-state index contributed by atoms with van der Waals surface area (Å²) in [6.45, 7) is 2.03. The van der Waals surface area contributed by atoms with E-state index in [1.807, 2.05) is 31.2 Å². The number of hydrogen-bond acceptors (Lipinski definition) is 4. The minimum Gasteiger partial charge on any atom is -0.481 e. The molecule has 0 aliphatic carbocycles. The summed E-state index contributed by atoms with van der Waals surface area (Å²) in [5.41, 5.74) is 3.12. The van der Waals surface area contributed by atoms with Crippen LogP contribution < -0.4 is 0 Å². The van der Waals surface area contributed by atoms with Gasteiger partial charge in [0.15, 0.2) is 5.82 Å². The molecule has 1 aromatic carbocycles. The molecule has 1 N–H and O–H groups in total. The molecule has 0 spiro atoms. The number of carboxylic acid groups (broad SMARTS) is 1. The highest BCUT2D eigenvalue weighted by Crippen LogP contribution is 2.18. The Morgan fingerprint density at radius 3 is 2.70 bits per heavy atom. The average Bonchev–Trinajstić information content (AvgIpc) is 2.79. The highest BCUT2D eigenvalue weighted by atomic mass is 16.4. The van der Waals surface area contributed by atoms with Crippen molar-refractivity contribution in [1.29, 1.82) is 0 Å². The van der Waals surface area contributed by atoms with Gasteiger partial charge in [0.05, 0.1) is 0 Å². The molecule has 6 nitrogen and oxygen atoms in total. The van der Waals surface area contributed by atoms with Crippen molar-refractivity contribution in [2.24, 2.45) is 0 Å². The van der Waals surface area contributed by atoms with Crippen molar-refractivity contribution < 1.29 is 9.90 Å².